The molecule has 4 rings (SSSR count). The molecule has 1 aliphatic rings. The van der Waals surface area contributed by atoms with Crippen molar-refractivity contribution in [3.63, 3.8) is 0 Å². The molecule has 0 N–H and O–H groups in total. The van der Waals surface area contributed by atoms with Gasteiger partial charge in [-0.25, -0.2) is 9.97 Å². The van der Waals surface area contributed by atoms with Gasteiger partial charge >= 0.3 is 0 Å². The standard InChI is InChI=1S/C20H22N4.ClH/c1-15-7-9-16(10-8-15)19-21-18-6-4-3-5-17(18)20(22-19)24-13-11-23(2)12-14-24;/h3-10H,11-14H2,1-2H3;1H. The minimum atomic E-state index is 0. The van der Waals surface area contributed by atoms with E-state index in [0.717, 1.165) is 54.3 Å². The molecule has 3 aromatic rings. The van der Waals surface area contributed by atoms with Crippen molar-refractivity contribution < 1.29 is 0 Å². The first-order valence-corrected chi connectivity index (χ1v) is 8.48. The molecule has 1 aromatic heterocycles. The van der Waals surface area contributed by atoms with Gasteiger partial charge in [0.25, 0.3) is 0 Å². The molecule has 0 spiro atoms. The van der Waals surface area contributed by atoms with Crippen molar-refractivity contribution in [2.24, 2.45) is 0 Å². The van der Waals surface area contributed by atoms with E-state index >= 15 is 0 Å². The summed E-state index contributed by atoms with van der Waals surface area (Å²) < 4.78 is 0. The van der Waals surface area contributed by atoms with E-state index in [4.69, 9.17) is 9.97 Å². The lowest BCUT2D eigenvalue weighted by Crippen LogP contribution is -2.45. The first-order chi connectivity index (χ1) is 11.7. The molecule has 0 saturated carbocycles. The Morgan fingerprint density at radius 2 is 1.52 bits per heavy atom. The van der Waals surface area contributed by atoms with Crippen LogP contribution in [0.25, 0.3) is 22.3 Å². The van der Waals surface area contributed by atoms with Crippen LogP contribution in [0.15, 0.2) is 48.5 Å². The summed E-state index contributed by atoms with van der Waals surface area (Å²) in [6, 6.07) is 16.8. The second-order valence-electron chi connectivity index (χ2n) is 6.54. The maximum Gasteiger partial charge on any atom is 0.162 e. The Morgan fingerprint density at radius 1 is 0.840 bits per heavy atom. The van der Waals surface area contributed by atoms with Crippen molar-refractivity contribution in [2.75, 3.05) is 38.1 Å². The zero-order valence-electron chi connectivity index (χ0n) is 14.6. The second-order valence-corrected chi connectivity index (χ2v) is 6.54. The number of anilines is 1. The Balaban J connectivity index is 0.00000182. The van der Waals surface area contributed by atoms with Crippen molar-refractivity contribution in [3.05, 3.63) is 54.1 Å². The number of rotatable bonds is 2. The van der Waals surface area contributed by atoms with E-state index in [1.54, 1.807) is 0 Å². The number of hydrogen-bond acceptors (Lipinski definition) is 4. The van der Waals surface area contributed by atoms with E-state index in [9.17, 15) is 0 Å². The molecule has 1 aliphatic heterocycles. The molecule has 1 saturated heterocycles. The van der Waals surface area contributed by atoms with Crippen LogP contribution in [-0.4, -0.2) is 48.1 Å². The Hall–Kier alpha value is -2.17. The number of nitrogens with zero attached hydrogens (tertiary/aromatic N) is 4. The number of aryl methyl sites for hydroxylation is 1. The number of halogens is 1. The van der Waals surface area contributed by atoms with Gasteiger partial charge in [-0.15, -0.1) is 12.4 Å². The highest BCUT2D eigenvalue weighted by Crippen LogP contribution is 2.28. The van der Waals surface area contributed by atoms with Crippen molar-refractivity contribution in [1.82, 2.24) is 14.9 Å². The summed E-state index contributed by atoms with van der Waals surface area (Å²) in [6.45, 7) is 6.24. The van der Waals surface area contributed by atoms with Crippen LogP contribution in [-0.2, 0) is 0 Å². The van der Waals surface area contributed by atoms with Crippen LogP contribution < -0.4 is 4.90 Å². The number of para-hydroxylation sites is 1. The summed E-state index contributed by atoms with van der Waals surface area (Å²) in [5, 5.41) is 1.14. The van der Waals surface area contributed by atoms with E-state index in [0.29, 0.717) is 0 Å². The molecule has 2 heterocycles. The molecule has 0 unspecified atom stereocenters. The van der Waals surface area contributed by atoms with Gasteiger partial charge in [-0.1, -0.05) is 42.0 Å². The Labute approximate surface area is 154 Å². The van der Waals surface area contributed by atoms with Crippen molar-refractivity contribution in [3.8, 4) is 11.4 Å². The Bertz CT molecular complexity index is 855. The Kier molecular flexibility index (Phi) is 5.21. The lowest BCUT2D eigenvalue weighted by atomic mass is 10.1. The highest BCUT2D eigenvalue weighted by molar-refractivity contribution is 5.91. The summed E-state index contributed by atoms with van der Waals surface area (Å²) in [7, 11) is 2.17. The lowest BCUT2D eigenvalue weighted by molar-refractivity contribution is 0.312. The van der Waals surface area contributed by atoms with E-state index in [-0.39, 0.29) is 12.4 Å². The average molecular weight is 355 g/mol. The van der Waals surface area contributed by atoms with Gasteiger partial charge < -0.3 is 9.80 Å². The molecule has 5 heteroatoms. The van der Waals surface area contributed by atoms with Crippen LogP contribution in [0.3, 0.4) is 0 Å². The monoisotopic (exact) mass is 354 g/mol. The number of likely N-dealkylation sites (N-methyl/N-ethyl adjacent to an activating group) is 1. The smallest absolute Gasteiger partial charge is 0.162 e. The van der Waals surface area contributed by atoms with Crippen LogP contribution in [0.5, 0.6) is 0 Å². The van der Waals surface area contributed by atoms with E-state index in [1.807, 2.05) is 6.07 Å². The van der Waals surface area contributed by atoms with E-state index in [1.165, 1.54) is 5.56 Å². The Morgan fingerprint density at radius 3 is 2.24 bits per heavy atom. The van der Waals surface area contributed by atoms with Gasteiger partial charge in [0, 0.05) is 37.1 Å². The summed E-state index contributed by atoms with van der Waals surface area (Å²) in [4.78, 5) is 14.5. The molecule has 4 nitrogen and oxygen atoms in total. The van der Waals surface area contributed by atoms with Crippen LogP contribution >= 0.6 is 12.4 Å². The highest BCUT2D eigenvalue weighted by atomic mass is 35.5. The normalized spacial score (nSPS) is 15.2. The van der Waals surface area contributed by atoms with Gasteiger partial charge in [-0.05, 0) is 26.1 Å². The van der Waals surface area contributed by atoms with Crippen molar-refractivity contribution in [1.29, 1.82) is 0 Å². The zero-order chi connectivity index (χ0) is 16.5. The zero-order valence-corrected chi connectivity index (χ0v) is 15.5. The van der Waals surface area contributed by atoms with Gasteiger partial charge in [0.1, 0.15) is 5.82 Å². The largest absolute Gasteiger partial charge is 0.353 e. The number of fused-ring (bicyclic) bond motifs is 1. The highest BCUT2D eigenvalue weighted by Gasteiger charge is 2.19. The molecule has 0 atom stereocenters. The molecule has 2 aromatic carbocycles. The molecule has 0 aliphatic carbocycles. The molecule has 1 fully saturated rings. The third-order valence-electron chi connectivity index (χ3n) is 4.70. The molecule has 0 radical (unpaired) electrons. The average Bonchev–Trinajstić information content (AvgIpc) is 2.62. The number of hydrogen-bond donors (Lipinski definition) is 0. The van der Waals surface area contributed by atoms with Crippen LogP contribution in [0.2, 0.25) is 0 Å². The maximum absolute atomic E-state index is 4.95. The maximum atomic E-state index is 4.95. The van der Waals surface area contributed by atoms with Crippen molar-refractivity contribution >= 4 is 29.1 Å². The summed E-state index contributed by atoms with van der Waals surface area (Å²) >= 11 is 0. The third kappa shape index (κ3) is 3.60. The lowest BCUT2D eigenvalue weighted by Gasteiger charge is -2.33. The van der Waals surface area contributed by atoms with E-state index in [2.05, 4.69) is 66.2 Å². The number of benzene rings is 2. The fourth-order valence-corrected chi connectivity index (χ4v) is 3.15. The van der Waals surface area contributed by atoms with Gasteiger partial charge in [0.05, 0.1) is 5.52 Å². The summed E-state index contributed by atoms with van der Waals surface area (Å²) in [5.41, 5.74) is 3.33. The molecular weight excluding hydrogens is 332 g/mol. The first-order valence-electron chi connectivity index (χ1n) is 8.48. The molecule has 0 bridgehead atoms. The topological polar surface area (TPSA) is 32.3 Å². The van der Waals surface area contributed by atoms with Crippen LogP contribution in [0, 0.1) is 6.92 Å². The van der Waals surface area contributed by atoms with Gasteiger partial charge in [-0.2, -0.15) is 0 Å². The quantitative estimate of drug-likeness (QED) is 0.701. The fourth-order valence-electron chi connectivity index (χ4n) is 3.15. The summed E-state index contributed by atoms with van der Waals surface area (Å²) in [6.07, 6.45) is 0. The second kappa shape index (κ2) is 7.38. The van der Waals surface area contributed by atoms with Gasteiger partial charge in [0.2, 0.25) is 0 Å². The van der Waals surface area contributed by atoms with Gasteiger partial charge in [-0.3, -0.25) is 0 Å². The molecule has 130 valence electrons. The predicted molar refractivity (Wildman–Crippen MR) is 107 cm³/mol. The van der Waals surface area contributed by atoms with Crippen LogP contribution in [0.1, 0.15) is 5.56 Å². The fraction of sp³-hybridized carbons (Fsp3) is 0.300. The number of piperazine rings is 1. The SMILES string of the molecule is Cc1ccc(-c2nc(N3CCN(C)CC3)c3ccccc3n2)cc1.Cl. The predicted octanol–water partition coefficient (Wildman–Crippen LogP) is 3.78. The molecular formula is C20H23ClN4. The molecule has 0 amide bonds. The molecule has 25 heavy (non-hydrogen) atoms. The van der Waals surface area contributed by atoms with Crippen LogP contribution in [0.4, 0.5) is 5.82 Å². The van der Waals surface area contributed by atoms with E-state index < -0.39 is 0 Å². The minimum Gasteiger partial charge on any atom is -0.353 e. The van der Waals surface area contributed by atoms with Gasteiger partial charge in [0.15, 0.2) is 5.82 Å². The number of aromatic nitrogens is 2. The summed E-state index contributed by atoms with van der Waals surface area (Å²) in [5.74, 6) is 1.87. The minimum absolute atomic E-state index is 0. The first kappa shape index (κ1) is 17.6. The van der Waals surface area contributed by atoms with Crippen molar-refractivity contribution in [2.45, 2.75) is 6.92 Å². The third-order valence-corrected chi connectivity index (χ3v) is 4.70.